The third kappa shape index (κ3) is 3.69. The van der Waals surface area contributed by atoms with Crippen molar-refractivity contribution in [3.63, 3.8) is 0 Å². The van der Waals surface area contributed by atoms with Gasteiger partial charge in [-0.25, -0.2) is 8.42 Å². The predicted molar refractivity (Wildman–Crippen MR) is 95.3 cm³/mol. The smallest absolute Gasteiger partial charge is 0.177 e. The zero-order valence-electron chi connectivity index (χ0n) is 14.6. The van der Waals surface area contributed by atoms with Crippen molar-refractivity contribution in [1.29, 1.82) is 0 Å². The van der Waals surface area contributed by atoms with Crippen LogP contribution in [0.5, 0.6) is 0 Å². The second kappa shape index (κ2) is 6.64. The van der Waals surface area contributed by atoms with Crippen LogP contribution in [-0.2, 0) is 9.84 Å². The van der Waals surface area contributed by atoms with E-state index in [0.717, 1.165) is 62.5 Å². The Bertz CT molecular complexity index is 841. The molecule has 2 aliphatic heterocycles. The molecule has 0 amide bonds. The van der Waals surface area contributed by atoms with E-state index in [-0.39, 0.29) is 0 Å². The van der Waals surface area contributed by atoms with Gasteiger partial charge in [-0.15, -0.1) is 10.2 Å². The Labute approximate surface area is 148 Å². The lowest BCUT2D eigenvalue weighted by Crippen LogP contribution is -2.39. The molecule has 2 aliphatic rings. The van der Waals surface area contributed by atoms with E-state index < -0.39 is 9.84 Å². The molecule has 7 nitrogen and oxygen atoms in total. The van der Waals surface area contributed by atoms with Gasteiger partial charge < -0.3 is 4.90 Å². The van der Waals surface area contributed by atoms with Gasteiger partial charge in [-0.05, 0) is 63.7 Å². The number of aromatic nitrogens is 4. The number of likely N-dealkylation sites (tertiary alicyclic amines) is 1. The van der Waals surface area contributed by atoms with Gasteiger partial charge in [0, 0.05) is 12.5 Å². The normalized spacial score (nSPS) is 23.2. The van der Waals surface area contributed by atoms with Crippen molar-refractivity contribution < 1.29 is 8.42 Å². The second-order valence-corrected chi connectivity index (χ2v) is 9.78. The molecule has 0 bridgehead atoms. The molecule has 136 valence electrons. The van der Waals surface area contributed by atoms with Crippen LogP contribution in [0.1, 0.15) is 43.1 Å². The maximum Gasteiger partial charge on any atom is 0.177 e. The molecule has 0 N–H and O–H groups in total. The summed E-state index contributed by atoms with van der Waals surface area (Å²) in [5.41, 5.74) is 1.78. The summed E-state index contributed by atoms with van der Waals surface area (Å²) >= 11 is 0. The molecule has 25 heavy (non-hydrogen) atoms. The standard InChI is InChI=1S/C17H25N5O2S/c1-13-2-3-16-18-19-17(22(16)20-13)15-4-8-21(9-5-15)12-14-6-10-25(23,24)11-7-14/h2-3,14-15H,4-12H2,1H3. The lowest BCUT2D eigenvalue weighted by molar-refractivity contribution is 0.174. The fourth-order valence-corrected chi connectivity index (χ4v) is 5.60. The molecule has 0 aromatic carbocycles. The molecule has 2 aromatic rings. The number of sulfone groups is 1. The average molecular weight is 363 g/mol. The summed E-state index contributed by atoms with van der Waals surface area (Å²) in [4.78, 5) is 2.49. The highest BCUT2D eigenvalue weighted by Gasteiger charge is 2.29. The monoisotopic (exact) mass is 363 g/mol. The Morgan fingerprint density at radius 1 is 1.08 bits per heavy atom. The summed E-state index contributed by atoms with van der Waals surface area (Å²) in [5.74, 6) is 2.63. The van der Waals surface area contributed by atoms with Crippen LogP contribution in [0.2, 0.25) is 0 Å². The van der Waals surface area contributed by atoms with E-state index in [4.69, 9.17) is 0 Å². The summed E-state index contributed by atoms with van der Waals surface area (Å²) in [6.45, 7) is 5.08. The molecule has 4 rings (SSSR count). The first-order valence-electron chi connectivity index (χ1n) is 9.12. The minimum atomic E-state index is -2.76. The third-order valence-electron chi connectivity index (χ3n) is 5.56. The summed E-state index contributed by atoms with van der Waals surface area (Å²) in [5, 5.41) is 13.2. The van der Waals surface area contributed by atoms with Gasteiger partial charge in [0.2, 0.25) is 0 Å². The molecular formula is C17H25N5O2S. The van der Waals surface area contributed by atoms with Gasteiger partial charge in [-0.2, -0.15) is 9.61 Å². The Balaban J connectivity index is 1.36. The van der Waals surface area contributed by atoms with Crippen molar-refractivity contribution >= 4 is 15.5 Å². The zero-order valence-corrected chi connectivity index (χ0v) is 15.5. The van der Waals surface area contributed by atoms with Gasteiger partial charge in [0.1, 0.15) is 9.84 Å². The molecule has 0 spiro atoms. The number of hydrogen-bond acceptors (Lipinski definition) is 6. The van der Waals surface area contributed by atoms with Crippen molar-refractivity contribution in [3.05, 3.63) is 23.7 Å². The first kappa shape index (κ1) is 16.9. The van der Waals surface area contributed by atoms with Crippen molar-refractivity contribution in [2.75, 3.05) is 31.1 Å². The summed E-state index contributed by atoms with van der Waals surface area (Å²) in [7, 11) is -2.76. The molecule has 0 atom stereocenters. The van der Waals surface area contributed by atoms with E-state index >= 15 is 0 Å². The van der Waals surface area contributed by atoms with Crippen LogP contribution < -0.4 is 0 Å². The van der Waals surface area contributed by atoms with Crippen LogP contribution in [0, 0.1) is 12.8 Å². The molecule has 2 saturated heterocycles. The molecule has 8 heteroatoms. The lowest BCUT2D eigenvalue weighted by Gasteiger charge is -2.34. The largest absolute Gasteiger partial charge is 0.303 e. The highest BCUT2D eigenvalue weighted by atomic mass is 32.2. The van der Waals surface area contributed by atoms with E-state index in [2.05, 4.69) is 20.2 Å². The van der Waals surface area contributed by atoms with Gasteiger partial charge in [-0.1, -0.05) is 0 Å². The predicted octanol–water partition coefficient (Wildman–Crippen LogP) is 1.44. The molecule has 2 fully saturated rings. The van der Waals surface area contributed by atoms with Crippen LogP contribution >= 0.6 is 0 Å². The fourth-order valence-electron chi connectivity index (χ4n) is 4.01. The summed E-state index contributed by atoms with van der Waals surface area (Å²) in [6, 6.07) is 3.92. The molecule has 0 unspecified atom stereocenters. The van der Waals surface area contributed by atoms with Crippen LogP contribution in [-0.4, -0.2) is 64.3 Å². The van der Waals surface area contributed by atoms with E-state index in [1.54, 1.807) is 0 Å². The molecular weight excluding hydrogens is 338 g/mol. The number of hydrogen-bond donors (Lipinski definition) is 0. The Kier molecular flexibility index (Phi) is 4.49. The van der Waals surface area contributed by atoms with Crippen LogP contribution in [0.15, 0.2) is 12.1 Å². The maximum absolute atomic E-state index is 11.6. The average Bonchev–Trinajstić information content (AvgIpc) is 3.00. The lowest BCUT2D eigenvalue weighted by atomic mass is 9.94. The first-order chi connectivity index (χ1) is 12.0. The third-order valence-corrected chi connectivity index (χ3v) is 7.28. The highest BCUT2D eigenvalue weighted by Crippen LogP contribution is 2.28. The first-order valence-corrected chi connectivity index (χ1v) is 10.9. The van der Waals surface area contributed by atoms with E-state index in [1.807, 2.05) is 23.6 Å². The Morgan fingerprint density at radius 3 is 2.52 bits per heavy atom. The van der Waals surface area contributed by atoms with E-state index in [0.29, 0.717) is 23.3 Å². The SMILES string of the molecule is Cc1ccc2nnc(C3CCN(CC4CCS(=O)(=O)CC4)CC3)n2n1. The van der Waals surface area contributed by atoms with Gasteiger partial charge in [0.25, 0.3) is 0 Å². The van der Waals surface area contributed by atoms with Crippen LogP contribution in [0.25, 0.3) is 5.65 Å². The topological polar surface area (TPSA) is 80.5 Å². The molecule has 4 heterocycles. The number of piperidine rings is 1. The maximum atomic E-state index is 11.6. The second-order valence-electron chi connectivity index (χ2n) is 7.47. The zero-order chi connectivity index (χ0) is 17.4. The molecule has 0 saturated carbocycles. The molecule has 0 radical (unpaired) electrons. The summed E-state index contributed by atoms with van der Waals surface area (Å²) < 4.78 is 25.0. The van der Waals surface area contributed by atoms with Gasteiger partial charge >= 0.3 is 0 Å². The number of nitrogens with zero attached hydrogens (tertiary/aromatic N) is 5. The van der Waals surface area contributed by atoms with Crippen molar-refractivity contribution in [2.45, 2.75) is 38.5 Å². The van der Waals surface area contributed by atoms with Gasteiger partial charge in [0.15, 0.2) is 11.5 Å². The van der Waals surface area contributed by atoms with E-state index in [9.17, 15) is 8.42 Å². The molecule has 2 aromatic heterocycles. The van der Waals surface area contributed by atoms with Crippen molar-refractivity contribution in [3.8, 4) is 0 Å². The minimum absolute atomic E-state index is 0.366. The number of rotatable bonds is 3. The highest BCUT2D eigenvalue weighted by molar-refractivity contribution is 7.91. The van der Waals surface area contributed by atoms with Gasteiger partial charge in [0.05, 0.1) is 17.2 Å². The minimum Gasteiger partial charge on any atom is -0.303 e. The van der Waals surface area contributed by atoms with Gasteiger partial charge in [-0.3, -0.25) is 0 Å². The van der Waals surface area contributed by atoms with Crippen molar-refractivity contribution in [1.82, 2.24) is 24.7 Å². The van der Waals surface area contributed by atoms with Crippen molar-refractivity contribution in [2.24, 2.45) is 5.92 Å². The summed E-state index contributed by atoms with van der Waals surface area (Å²) in [6.07, 6.45) is 3.75. The van der Waals surface area contributed by atoms with E-state index in [1.165, 1.54) is 0 Å². The fraction of sp³-hybridized carbons (Fsp3) is 0.706. The quantitative estimate of drug-likeness (QED) is 0.821. The Morgan fingerprint density at radius 2 is 1.80 bits per heavy atom. The molecule has 0 aliphatic carbocycles. The number of fused-ring (bicyclic) bond motifs is 1. The van der Waals surface area contributed by atoms with Crippen LogP contribution in [0.3, 0.4) is 0 Å². The Hall–Kier alpha value is -1.54. The number of aryl methyl sites for hydroxylation is 1. The van der Waals surface area contributed by atoms with Crippen LogP contribution in [0.4, 0.5) is 0 Å².